The summed E-state index contributed by atoms with van der Waals surface area (Å²) in [5.74, 6) is 1.43. The summed E-state index contributed by atoms with van der Waals surface area (Å²) in [6.07, 6.45) is 0.869. The molecule has 3 aromatic carbocycles. The average molecular weight is 395 g/mol. The molecule has 0 fully saturated rings. The van der Waals surface area contributed by atoms with Crippen LogP contribution < -0.4 is 9.47 Å². The van der Waals surface area contributed by atoms with Crippen molar-refractivity contribution in [3.05, 3.63) is 83.4 Å². The monoisotopic (exact) mass is 394 g/mol. The average Bonchev–Trinajstić information content (AvgIpc) is 2.73. The molecular weight excluding hydrogens is 368 g/mol. The standard InChI is InChI=1S/C24H26O3S/c1-17-8-12-19(13-9-17)28-24-7-5-4-6-20(24)21(25)14-10-18-11-15-22(26-2)23(16-18)27-3/h4-9,11-13,15-16,21,25H,10,14H2,1-3H3/t21-/m1/s1. The Kier molecular flexibility index (Phi) is 7.01. The van der Waals surface area contributed by atoms with Gasteiger partial charge in [-0.3, -0.25) is 0 Å². The molecular formula is C24H26O3S. The number of hydrogen-bond acceptors (Lipinski definition) is 4. The zero-order chi connectivity index (χ0) is 19.9. The van der Waals surface area contributed by atoms with E-state index >= 15 is 0 Å². The van der Waals surface area contributed by atoms with Gasteiger partial charge in [-0.1, -0.05) is 53.7 Å². The second kappa shape index (κ2) is 9.67. The lowest BCUT2D eigenvalue weighted by atomic mass is 10.0. The van der Waals surface area contributed by atoms with Gasteiger partial charge in [-0.05, 0) is 61.2 Å². The van der Waals surface area contributed by atoms with Gasteiger partial charge in [0.25, 0.3) is 0 Å². The molecule has 0 aliphatic heterocycles. The Labute approximate surface area is 171 Å². The van der Waals surface area contributed by atoms with Crippen LogP contribution in [0.5, 0.6) is 11.5 Å². The van der Waals surface area contributed by atoms with E-state index in [9.17, 15) is 5.11 Å². The van der Waals surface area contributed by atoms with Crippen LogP contribution in [0.4, 0.5) is 0 Å². The molecule has 0 radical (unpaired) electrons. The van der Waals surface area contributed by atoms with Crippen molar-refractivity contribution >= 4 is 11.8 Å². The van der Waals surface area contributed by atoms with Crippen LogP contribution in [0, 0.1) is 6.92 Å². The number of rotatable bonds is 8. The van der Waals surface area contributed by atoms with Gasteiger partial charge < -0.3 is 14.6 Å². The van der Waals surface area contributed by atoms with Gasteiger partial charge in [0.2, 0.25) is 0 Å². The molecule has 1 N–H and O–H groups in total. The zero-order valence-electron chi connectivity index (χ0n) is 16.5. The lowest BCUT2D eigenvalue weighted by molar-refractivity contribution is 0.165. The van der Waals surface area contributed by atoms with Gasteiger partial charge >= 0.3 is 0 Å². The van der Waals surface area contributed by atoms with E-state index < -0.39 is 6.10 Å². The van der Waals surface area contributed by atoms with E-state index in [1.54, 1.807) is 26.0 Å². The highest BCUT2D eigenvalue weighted by molar-refractivity contribution is 7.99. The van der Waals surface area contributed by atoms with Crippen LogP contribution in [0.15, 0.2) is 76.5 Å². The first-order valence-corrected chi connectivity index (χ1v) is 10.1. The van der Waals surface area contributed by atoms with Crippen LogP contribution in [0.3, 0.4) is 0 Å². The molecule has 1 atom stereocenters. The first-order valence-electron chi connectivity index (χ1n) is 9.33. The molecule has 3 aromatic rings. The molecule has 0 aliphatic carbocycles. The second-order valence-corrected chi connectivity index (χ2v) is 7.81. The Hall–Kier alpha value is -2.43. The van der Waals surface area contributed by atoms with Gasteiger partial charge in [-0.2, -0.15) is 0 Å². The summed E-state index contributed by atoms with van der Waals surface area (Å²) < 4.78 is 10.7. The molecule has 0 aromatic heterocycles. The van der Waals surface area contributed by atoms with Crippen molar-refractivity contribution in [3.63, 3.8) is 0 Å². The molecule has 3 rings (SSSR count). The van der Waals surface area contributed by atoms with Gasteiger partial charge in [0.15, 0.2) is 11.5 Å². The molecule has 3 nitrogen and oxygen atoms in total. The van der Waals surface area contributed by atoms with E-state index in [-0.39, 0.29) is 0 Å². The highest BCUT2D eigenvalue weighted by Gasteiger charge is 2.14. The van der Waals surface area contributed by atoms with Gasteiger partial charge in [0, 0.05) is 9.79 Å². The van der Waals surface area contributed by atoms with Crippen LogP contribution in [-0.4, -0.2) is 19.3 Å². The van der Waals surface area contributed by atoms with E-state index in [2.05, 4.69) is 37.3 Å². The summed E-state index contributed by atoms with van der Waals surface area (Å²) >= 11 is 1.69. The van der Waals surface area contributed by atoms with Crippen LogP contribution in [0.1, 0.15) is 29.2 Å². The zero-order valence-corrected chi connectivity index (χ0v) is 17.3. The Morgan fingerprint density at radius 3 is 2.32 bits per heavy atom. The topological polar surface area (TPSA) is 38.7 Å². The maximum Gasteiger partial charge on any atom is 0.160 e. The van der Waals surface area contributed by atoms with Crippen LogP contribution >= 0.6 is 11.8 Å². The summed E-state index contributed by atoms with van der Waals surface area (Å²) in [7, 11) is 3.26. The Bertz CT molecular complexity index is 906. The normalized spacial score (nSPS) is 11.9. The van der Waals surface area contributed by atoms with E-state index in [1.807, 2.05) is 36.4 Å². The third kappa shape index (κ3) is 5.09. The summed E-state index contributed by atoms with van der Waals surface area (Å²) in [5, 5.41) is 10.8. The summed E-state index contributed by atoms with van der Waals surface area (Å²) in [6.45, 7) is 2.08. The van der Waals surface area contributed by atoms with Crippen molar-refractivity contribution in [2.75, 3.05) is 14.2 Å². The summed E-state index contributed by atoms with van der Waals surface area (Å²) in [4.78, 5) is 2.26. The van der Waals surface area contributed by atoms with Gasteiger partial charge in [-0.25, -0.2) is 0 Å². The van der Waals surface area contributed by atoms with E-state index in [0.29, 0.717) is 17.9 Å². The minimum atomic E-state index is -0.526. The highest BCUT2D eigenvalue weighted by atomic mass is 32.2. The van der Waals surface area contributed by atoms with Crippen LogP contribution in [-0.2, 0) is 6.42 Å². The Balaban J connectivity index is 1.71. The van der Waals surface area contributed by atoms with Gasteiger partial charge in [0.05, 0.1) is 20.3 Å². The number of methoxy groups -OCH3 is 2. The first-order chi connectivity index (χ1) is 13.6. The summed E-state index contributed by atoms with van der Waals surface area (Å²) in [5.41, 5.74) is 3.32. The van der Waals surface area contributed by atoms with Crippen LogP contribution in [0.25, 0.3) is 0 Å². The number of benzene rings is 3. The van der Waals surface area contributed by atoms with E-state index in [1.165, 1.54) is 10.5 Å². The molecule has 0 saturated heterocycles. The van der Waals surface area contributed by atoms with Gasteiger partial charge in [-0.15, -0.1) is 0 Å². The third-order valence-corrected chi connectivity index (χ3v) is 5.78. The molecule has 0 amide bonds. The Morgan fingerprint density at radius 2 is 1.61 bits per heavy atom. The lowest BCUT2D eigenvalue weighted by Gasteiger charge is -2.16. The van der Waals surface area contributed by atoms with Gasteiger partial charge in [0.1, 0.15) is 0 Å². The van der Waals surface area contributed by atoms with Crippen molar-refractivity contribution in [2.45, 2.75) is 35.7 Å². The van der Waals surface area contributed by atoms with Crippen molar-refractivity contribution in [2.24, 2.45) is 0 Å². The molecule has 0 saturated carbocycles. The predicted molar refractivity (Wildman–Crippen MR) is 115 cm³/mol. The van der Waals surface area contributed by atoms with Crippen LogP contribution in [0.2, 0.25) is 0 Å². The minimum absolute atomic E-state index is 0.526. The number of aryl methyl sites for hydroxylation is 2. The third-order valence-electron chi connectivity index (χ3n) is 4.68. The molecule has 28 heavy (non-hydrogen) atoms. The second-order valence-electron chi connectivity index (χ2n) is 6.70. The maximum absolute atomic E-state index is 10.8. The molecule has 0 aliphatic rings. The molecule has 4 heteroatoms. The summed E-state index contributed by atoms with van der Waals surface area (Å²) in [6, 6.07) is 22.4. The molecule has 0 heterocycles. The van der Waals surface area contributed by atoms with Crippen molar-refractivity contribution < 1.29 is 14.6 Å². The Morgan fingerprint density at radius 1 is 0.893 bits per heavy atom. The maximum atomic E-state index is 10.8. The number of ether oxygens (including phenoxy) is 2. The first kappa shape index (κ1) is 20.3. The fourth-order valence-corrected chi connectivity index (χ4v) is 4.07. The molecule has 146 valence electrons. The fraction of sp³-hybridized carbons (Fsp3) is 0.250. The van der Waals surface area contributed by atoms with E-state index in [4.69, 9.17) is 9.47 Å². The number of aliphatic hydroxyl groups is 1. The smallest absolute Gasteiger partial charge is 0.160 e. The minimum Gasteiger partial charge on any atom is -0.493 e. The number of hydrogen-bond donors (Lipinski definition) is 1. The quantitative estimate of drug-likeness (QED) is 0.522. The lowest BCUT2D eigenvalue weighted by Crippen LogP contribution is -2.02. The number of aliphatic hydroxyl groups excluding tert-OH is 1. The molecule has 0 bridgehead atoms. The van der Waals surface area contributed by atoms with Crippen molar-refractivity contribution in [3.8, 4) is 11.5 Å². The van der Waals surface area contributed by atoms with Crippen molar-refractivity contribution in [1.82, 2.24) is 0 Å². The van der Waals surface area contributed by atoms with Crippen molar-refractivity contribution in [1.29, 1.82) is 0 Å². The highest BCUT2D eigenvalue weighted by Crippen LogP contribution is 2.35. The predicted octanol–water partition coefficient (Wildman–Crippen LogP) is 5.83. The SMILES string of the molecule is COc1ccc(CC[C@@H](O)c2ccccc2Sc2ccc(C)cc2)cc1OC. The van der Waals surface area contributed by atoms with E-state index in [0.717, 1.165) is 22.4 Å². The largest absolute Gasteiger partial charge is 0.493 e. The molecule has 0 unspecified atom stereocenters. The fourth-order valence-electron chi connectivity index (χ4n) is 3.08. The molecule has 0 spiro atoms.